The molecule has 0 aliphatic carbocycles. The van der Waals surface area contributed by atoms with E-state index < -0.39 is 11.7 Å². The number of thioether (sulfide) groups is 1. The number of nitrogens with zero attached hydrogens (tertiary/aromatic N) is 1. The van der Waals surface area contributed by atoms with E-state index in [0.29, 0.717) is 11.6 Å². The summed E-state index contributed by atoms with van der Waals surface area (Å²) < 4.78 is 18.3. The zero-order valence-corrected chi connectivity index (χ0v) is 13.6. The molecule has 0 spiro atoms. The van der Waals surface area contributed by atoms with Crippen LogP contribution in [0.4, 0.5) is 15.9 Å². The van der Waals surface area contributed by atoms with Gasteiger partial charge in [0.05, 0.1) is 17.2 Å². The maximum atomic E-state index is 13.5. The number of aromatic nitrogens is 1. The molecule has 122 valence electrons. The zero-order valence-electron chi connectivity index (χ0n) is 12.1. The summed E-state index contributed by atoms with van der Waals surface area (Å²) in [6, 6.07) is 5.54. The number of nitrogens with one attached hydrogen (secondary N) is 2. The Balaban J connectivity index is 1.73. The second-order valence-electron chi connectivity index (χ2n) is 4.54. The summed E-state index contributed by atoms with van der Waals surface area (Å²) in [5.41, 5.74) is 0.0440. The van der Waals surface area contributed by atoms with E-state index in [1.54, 1.807) is 13.0 Å². The lowest BCUT2D eigenvalue weighted by molar-refractivity contribution is -0.114. The summed E-state index contributed by atoms with van der Waals surface area (Å²) in [6.45, 7) is 1.71. The molecule has 0 aliphatic rings. The van der Waals surface area contributed by atoms with Crippen molar-refractivity contribution in [3.63, 3.8) is 0 Å². The first-order chi connectivity index (χ1) is 10.9. The molecule has 2 rings (SSSR count). The van der Waals surface area contributed by atoms with Crippen LogP contribution in [0.5, 0.6) is 0 Å². The first kappa shape index (κ1) is 17.3. The van der Waals surface area contributed by atoms with Crippen molar-refractivity contribution in [2.24, 2.45) is 0 Å². The van der Waals surface area contributed by atoms with Crippen molar-refractivity contribution in [1.82, 2.24) is 5.16 Å². The van der Waals surface area contributed by atoms with E-state index in [9.17, 15) is 14.0 Å². The quantitative estimate of drug-likeness (QED) is 0.830. The largest absolute Gasteiger partial charge is 0.360 e. The molecule has 0 atom stereocenters. The fourth-order valence-electron chi connectivity index (χ4n) is 1.62. The van der Waals surface area contributed by atoms with Gasteiger partial charge >= 0.3 is 0 Å². The van der Waals surface area contributed by atoms with Crippen LogP contribution in [0.2, 0.25) is 5.02 Å². The minimum atomic E-state index is -0.616. The maximum Gasteiger partial charge on any atom is 0.235 e. The summed E-state index contributed by atoms with van der Waals surface area (Å²) in [5.74, 6) is -0.376. The minimum Gasteiger partial charge on any atom is -0.360 e. The van der Waals surface area contributed by atoms with Gasteiger partial charge < -0.3 is 15.2 Å². The normalized spacial score (nSPS) is 10.4. The fraction of sp³-hybridized carbons (Fsp3) is 0.214. The molecule has 2 N–H and O–H groups in total. The van der Waals surface area contributed by atoms with Gasteiger partial charge in [-0.15, -0.1) is 11.8 Å². The van der Waals surface area contributed by atoms with Gasteiger partial charge in [-0.05, 0) is 25.1 Å². The van der Waals surface area contributed by atoms with Crippen molar-refractivity contribution in [2.45, 2.75) is 6.92 Å². The van der Waals surface area contributed by atoms with Gasteiger partial charge in [0.25, 0.3) is 0 Å². The highest BCUT2D eigenvalue weighted by Gasteiger charge is 2.10. The average molecular weight is 358 g/mol. The Bertz CT molecular complexity index is 723. The molecule has 0 aliphatic heterocycles. The average Bonchev–Trinajstić information content (AvgIpc) is 2.87. The number of rotatable bonds is 6. The molecule has 23 heavy (non-hydrogen) atoms. The number of carbonyl (C=O) groups is 2. The Morgan fingerprint density at radius 2 is 1.96 bits per heavy atom. The van der Waals surface area contributed by atoms with E-state index in [2.05, 4.69) is 15.8 Å². The van der Waals surface area contributed by atoms with Crippen LogP contribution in [0.3, 0.4) is 0 Å². The van der Waals surface area contributed by atoms with Crippen LogP contribution in [0.1, 0.15) is 5.76 Å². The van der Waals surface area contributed by atoms with Gasteiger partial charge in [0.1, 0.15) is 11.6 Å². The van der Waals surface area contributed by atoms with Crippen LogP contribution >= 0.6 is 23.4 Å². The molecular weight excluding hydrogens is 345 g/mol. The zero-order chi connectivity index (χ0) is 16.8. The van der Waals surface area contributed by atoms with Crippen LogP contribution in [0.25, 0.3) is 0 Å². The summed E-state index contributed by atoms with van der Waals surface area (Å²) in [6.07, 6.45) is 0. The standard InChI is InChI=1S/C14H13ClFN3O3S/c1-8-4-12(19-22-8)18-14(21)7-23-6-13(20)17-11-3-2-9(15)5-10(11)16/h2-5H,6-7H2,1H3,(H,17,20)(H,18,19,21). The highest BCUT2D eigenvalue weighted by Crippen LogP contribution is 2.19. The Morgan fingerprint density at radius 3 is 2.57 bits per heavy atom. The van der Waals surface area contributed by atoms with E-state index in [4.69, 9.17) is 16.1 Å². The van der Waals surface area contributed by atoms with Crippen molar-refractivity contribution in [2.75, 3.05) is 22.1 Å². The summed E-state index contributed by atoms with van der Waals surface area (Å²) in [7, 11) is 0. The van der Waals surface area contributed by atoms with Crippen molar-refractivity contribution in [1.29, 1.82) is 0 Å². The van der Waals surface area contributed by atoms with Gasteiger partial charge in [0, 0.05) is 11.1 Å². The third-order valence-corrected chi connectivity index (χ3v) is 3.73. The van der Waals surface area contributed by atoms with Gasteiger partial charge in [-0.2, -0.15) is 0 Å². The Labute approximate surface area is 140 Å². The number of aryl methyl sites for hydroxylation is 1. The molecule has 2 aromatic rings. The molecule has 0 bridgehead atoms. The first-order valence-corrected chi connectivity index (χ1v) is 8.03. The topological polar surface area (TPSA) is 84.2 Å². The van der Waals surface area contributed by atoms with Crippen molar-refractivity contribution in [3.05, 3.63) is 40.9 Å². The van der Waals surface area contributed by atoms with E-state index in [1.807, 2.05) is 0 Å². The lowest BCUT2D eigenvalue weighted by Crippen LogP contribution is -2.19. The Hall–Kier alpha value is -2.06. The molecule has 0 fully saturated rings. The molecular formula is C14H13ClFN3O3S. The Kier molecular flexibility index (Phi) is 6.00. The number of amides is 2. The predicted molar refractivity (Wildman–Crippen MR) is 87.2 cm³/mol. The molecule has 9 heteroatoms. The summed E-state index contributed by atoms with van der Waals surface area (Å²) >= 11 is 6.72. The van der Waals surface area contributed by atoms with E-state index in [0.717, 1.165) is 17.8 Å². The molecule has 2 amide bonds. The first-order valence-electron chi connectivity index (χ1n) is 6.50. The SMILES string of the molecule is Cc1cc(NC(=O)CSCC(=O)Nc2ccc(Cl)cc2F)no1. The molecule has 0 saturated heterocycles. The predicted octanol–water partition coefficient (Wildman–Crippen LogP) is 3.09. The number of hydrogen-bond donors (Lipinski definition) is 2. The highest BCUT2D eigenvalue weighted by atomic mass is 35.5. The Morgan fingerprint density at radius 1 is 1.26 bits per heavy atom. The maximum absolute atomic E-state index is 13.5. The monoisotopic (exact) mass is 357 g/mol. The molecule has 0 unspecified atom stereocenters. The highest BCUT2D eigenvalue weighted by molar-refractivity contribution is 8.00. The molecule has 1 aromatic carbocycles. The summed E-state index contributed by atoms with van der Waals surface area (Å²) in [4.78, 5) is 23.3. The van der Waals surface area contributed by atoms with E-state index in [-0.39, 0.29) is 28.1 Å². The van der Waals surface area contributed by atoms with E-state index in [1.165, 1.54) is 12.1 Å². The van der Waals surface area contributed by atoms with Gasteiger partial charge in [-0.3, -0.25) is 9.59 Å². The van der Waals surface area contributed by atoms with Crippen LogP contribution in [0.15, 0.2) is 28.8 Å². The molecule has 6 nitrogen and oxygen atoms in total. The molecule has 1 heterocycles. The molecule has 0 saturated carbocycles. The molecule has 0 radical (unpaired) electrons. The summed E-state index contributed by atoms with van der Waals surface area (Å²) in [5, 5.41) is 8.81. The molecule has 1 aromatic heterocycles. The number of anilines is 2. The minimum absolute atomic E-state index is 0.00727. The second kappa shape index (κ2) is 7.98. The van der Waals surface area contributed by atoms with Crippen LogP contribution in [-0.2, 0) is 9.59 Å². The van der Waals surface area contributed by atoms with Gasteiger partial charge in [0.2, 0.25) is 11.8 Å². The van der Waals surface area contributed by atoms with Crippen molar-refractivity contribution in [3.8, 4) is 0 Å². The van der Waals surface area contributed by atoms with E-state index >= 15 is 0 Å². The number of halogens is 2. The fourth-order valence-corrected chi connectivity index (χ4v) is 2.39. The number of benzene rings is 1. The second-order valence-corrected chi connectivity index (χ2v) is 5.96. The lowest BCUT2D eigenvalue weighted by Gasteiger charge is -2.06. The van der Waals surface area contributed by atoms with Crippen molar-refractivity contribution >= 4 is 46.7 Å². The smallest absolute Gasteiger partial charge is 0.235 e. The van der Waals surface area contributed by atoms with Crippen molar-refractivity contribution < 1.29 is 18.5 Å². The third-order valence-electron chi connectivity index (χ3n) is 2.57. The lowest BCUT2D eigenvalue weighted by atomic mass is 10.3. The van der Waals surface area contributed by atoms with Gasteiger partial charge in [0.15, 0.2) is 5.82 Å². The third kappa shape index (κ3) is 5.57. The van der Waals surface area contributed by atoms with Crippen LogP contribution in [0, 0.1) is 12.7 Å². The number of hydrogen-bond acceptors (Lipinski definition) is 5. The number of carbonyl (C=O) groups excluding carboxylic acids is 2. The van der Waals surface area contributed by atoms with Gasteiger partial charge in [-0.25, -0.2) is 4.39 Å². The van der Waals surface area contributed by atoms with Crippen LogP contribution < -0.4 is 10.6 Å². The van der Waals surface area contributed by atoms with Gasteiger partial charge in [-0.1, -0.05) is 16.8 Å². The van der Waals surface area contributed by atoms with Crippen LogP contribution in [-0.4, -0.2) is 28.5 Å².